The molecule has 3 N–H and O–H groups in total. The number of rotatable bonds is 3. The number of aliphatic hydroxyl groups is 3. The van der Waals surface area contributed by atoms with Crippen LogP contribution in [0.4, 0.5) is 0 Å². The first-order valence-corrected chi connectivity index (χ1v) is 13.8. The largest absolute Gasteiger partial charge is 0.459 e. The molecule has 0 unspecified atom stereocenters. The summed E-state index contributed by atoms with van der Waals surface area (Å²) in [5.41, 5.74) is 1.41. The Bertz CT molecular complexity index is 1010. The second-order valence-electron chi connectivity index (χ2n) is 12.2. The Kier molecular flexibility index (Phi) is 6.80. The van der Waals surface area contributed by atoms with Crippen LogP contribution in [0.25, 0.3) is 0 Å². The predicted octanol–water partition coefficient (Wildman–Crippen LogP) is 1.56. The van der Waals surface area contributed by atoms with E-state index in [2.05, 4.69) is 13.0 Å². The smallest absolute Gasteiger partial charge is 0.309 e. The molecule has 13 atom stereocenters. The monoisotopic (exact) mass is 536 g/mol. The van der Waals surface area contributed by atoms with Crippen molar-refractivity contribution in [1.29, 1.82) is 0 Å². The van der Waals surface area contributed by atoms with Gasteiger partial charge in [-0.25, -0.2) is 0 Å². The first-order valence-electron chi connectivity index (χ1n) is 13.8. The third-order valence-electron chi connectivity index (χ3n) is 10.1. The molecule has 38 heavy (non-hydrogen) atoms. The number of fused-ring (bicyclic) bond motifs is 3. The van der Waals surface area contributed by atoms with Crippen LogP contribution < -0.4 is 0 Å². The normalized spacial score (nSPS) is 53.8. The predicted molar refractivity (Wildman–Crippen MR) is 131 cm³/mol. The van der Waals surface area contributed by atoms with Crippen molar-refractivity contribution in [2.75, 3.05) is 13.7 Å². The summed E-state index contributed by atoms with van der Waals surface area (Å²) in [5.74, 6) is -2.09. The van der Waals surface area contributed by atoms with Gasteiger partial charge in [0.05, 0.1) is 42.9 Å². The van der Waals surface area contributed by atoms with Crippen molar-refractivity contribution in [2.45, 2.75) is 108 Å². The zero-order chi connectivity index (χ0) is 27.0. The highest BCUT2D eigenvalue weighted by Gasteiger charge is 2.60. The van der Waals surface area contributed by atoms with Gasteiger partial charge in [-0.2, -0.15) is 0 Å². The molecule has 10 heteroatoms. The van der Waals surface area contributed by atoms with Crippen molar-refractivity contribution < 1.29 is 48.5 Å². The zero-order valence-electron chi connectivity index (χ0n) is 22.4. The van der Waals surface area contributed by atoms with E-state index in [4.69, 9.17) is 28.4 Å². The maximum atomic E-state index is 13.5. The van der Waals surface area contributed by atoms with E-state index in [1.54, 1.807) is 21.0 Å². The van der Waals surface area contributed by atoms with E-state index in [0.29, 0.717) is 37.7 Å². The molecule has 0 aromatic rings. The fourth-order valence-electron chi connectivity index (χ4n) is 7.88. The van der Waals surface area contributed by atoms with Gasteiger partial charge in [0.2, 0.25) is 0 Å². The van der Waals surface area contributed by atoms with Gasteiger partial charge in [-0.05, 0) is 56.4 Å². The summed E-state index contributed by atoms with van der Waals surface area (Å²) in [5, 5.41) is 32.2. The highest BCUT2D eigenvalue weighted by molar-refractivity contribution is 5.74. The summed E-state index contributed by atoms with van der Waals surface area (Å²) >= 11 is 0. The van der Waals surface area contributed by atoms with Gasteiger partial charge in [0.25, 0.3) is 0 Å². The summed E-state index contributed by atoms with van der Waals surface area (Å²) in [4.78, 5) is 13.5. The topological polar surface area (TPSA) is 133 Å². The van der Waals surface area contributed by atoms with Gasteiger partial charge in [0, 0.05) is 13.5 Å². The van der Waals surface area contributed by atoms with Crippen LogP contribution in [0.15, 0.2) is 23.3 Å². The van der Waals surface area contributed by atoms with Crippen molar-refractivity contribution in [3.8, 4) is 0 Å². The molecule has 6 aliphatic rings. The molecule has 4 fully saturated rings. The molecule has 3 saturated heterocycles. The van der Waals surface area contributed by atoms with Crippen LogP contribution in [0.1, 0.15) is 52.9 Å². The van der Waals surface area contributed by atoms with Gasteiger partial charge >= 0.3 is 5.97 Å². The summed E-state index contributed by atoms with van der Waals surface area (Å²) in [6.45, 7) is 5.91. The standard InChI is InChI=1S/C28H40O10/c1-13-24(30)20(33-4)10-22(35-13)36-19-9-14-5-6-15-17(27(14,2)11-18(19)29)8-7-16-23-21(37-25(15)31)12-34-28(23,3)38-26(16)32/h5,7,13,15,17-24,26,29-30,32H,6,8-12H2,1-4H3/b16-7+/t13-,15+,17-,18+,19-,20-,21-,22+,23-,24-,26+,27+,28-/m1/s1. The molecule has 212 valence electrons. The van der Waals surface area contributed by atoms with Crippen molar-refractivity contribution in [3.05, 3.63) is 23.3 Å². The number of methoxy groups -OCH3 is 1. The van der Waals surface area contributed by atoms with Crippen LogP contribution in [0.5, 0.6) is 0 Å². The summed E-state index contributed by atoms with van der Waals surface area (Å²) in [6.07, 6.45) is 1.53. The fourth-order valence-corrected chi connectivity index (χ4v) is 7.88. The molecule has 0 aromatic heterocycles. The fraction of sp³-hybridized carbons (Fsp3) is 0.821. The van der Waals surface area contributed by atoms with Gasteiger partial charge in [0.1, 0.15) is 12.2 Å². The van der Waals surface area contributed by atoms with Crippen LogP contribution in [-0.2, 0) is 33.2 Å². The van der Waals surface area contributed by atoms with E-state index in [1.165, 1.54) is 0 Å². The molecule has 0 radical (unpaired) electrons. The van der Waals surface area contributed by atoms with Gasteiger partial charge in [0.15, 0.2) is 18.4 Å². The van der Waals surface area contributed by atoms with Crippen LogP contribution in [0, 0.1) is 23.2 Å². The van der Waals surface area contributed by atoms with Crippen LogP contribution in [-0.4, -0.2) is 90.0 Å². The second-order valence-corrected chi connectivity index (χ2v) is 12.2. The molecule has 6 rings (SSSR count). The third kappa shape index (κ3) is 4.19. The van der Waals surface area contributed by atoms with Gasteiger partial charge in [-0.1, -0.05) is 24.6 Å². The van der Waals surface area contributed by atoms with Crippen molar-refractivity contribution >= 4 is 5.97 Å². The van der Waals surface area contributed by atoms with Crippen LogP contribution in [0.3, 0.4) is 0 Å². The molecule has 10 nitrogen and oxygen atoms in total. The highest BCUT2D eigenvalue weighted by Crippen LogP contribution is 2.57. The number of esters is 1. The van der Waals surface area contributed by atoms with Crippen molar-refractivity contribution in [2.24, 2.45) is 23.2 Å². The van der Waals surface area contributed by atoms with Gasteiger partial charge < -0.3 is 43.7 Å². The first kappa shape index (κ1) is 26.8. The molecular formula is C28H40O10. The Hall–Kier alpha value is -1.37. The lowest BCUT2D eigenvalue weighted by Crippen LogP contribution is -2.53. The molecule has 0 aromatic carbocycles. The molecule has 0 amide bonds. The lowest BCUT2D eigenvalue weighted by molar-refractivity contribution is -0.275. The molecule has 2 aliphatic carbocycles. The van der Waals surface area contributed by atoms with E-state index in [-0.39, 0.29) is 30.3 Å². The maximum absolute atomic E-state index is 13.5. The van der Waals surface area contributed by atoms with Crippen molar-refractivity contribution in [1.82, 2.24) is 0 Å². The van der Waals surface area contributed by atoms with Crippen LogP contribution >= 0.6 is 0 Å². The van der Waals surface area contributed by atoms with Gasteiger partial charge in [-0.15, -0.1) is 0 Å². The van der Waals surface area contributed by atoms with E-state index in [0.717, 1.165) is 5.57 Å². The number of aliphatic hydroxyl groups excluding tert-OH is 3. The lowest BCUT2D eigenvalue weighted by atomic mass is 9.55. The number of hydrogen-bond donors (Lipinski definition) is 3. The molecule has 0 bridgehead atoms. The summed E-state index contributed by atoms with van der Waals surface area (Å²) in [7, 11) is 1.56. The molecular weight excluding hydrogens is 496 g/mol. The minimum absolute atomic E-state index is 0.115. The molecule has 4 heterocycles. The molecule has 4 aliphatic heterocycles. The Morgan fingerprint density at radius 2 is 1.89 bits per heavy atom. The average Bonchev–Trinajstić information content (AvgIpc) is 3.32. The quantitative estimate of drug-likeness (QED) is 0.360. The van der Waals surface area contributed by atoms with Gasteiger partial charge in [-0.3, -0.25) is 4.79 Å². The summed E-state index contributed by atoms with van der Waals surface area (Å²) < 4.78 is 35.1. The summed E-state index contributed by atoms with van der Waals surface area (Å²) in [6, 6.07) is 0. The second kappa shape index (κ2) is 9.62. The average molecular weight is 537 g/mol. The minimum atomic E-state index is -1.10. The number of ether oxygens (including phenoxy) is 6. The lowest BCUT2D eigenvalue weighted by Gasteiger charge is -2.52. The van der Waals surface area contributed by atoms with E-state index < -0.39 is 60.4 Å². The zero-order valence-corrected chi connectivity index (χ0v) is 22.4. The Morgan fingerprint density at radius 1 is 1.11 bits per heavy atom. The number of carbonyl (C=O) groups is 1. The first-order chi connectivity index (χ1) is 18.0. The molecule has 1 saturated carbocycles. The number of allylic oxidation sites excluding steroid dienone is 2. The molecule has 0 spiro atoms. The highest BCUT2D eigenvalue weighted by atomic mass is 16.8. The Balaban J connectivity index is 1.24. The van der Waals surface area contributed by atoms with E-state index in [1.807, 2.05) is 6.08 Å². The third-order valence-corrected chi connectivity index (χ3v) is 10.1. The maximum Gasteiger partial charge on any atom is 0.309 e. The van der Waals surface area contributed by atoms with E-state index >= 15 is 0 Å². The number of carbonyl (C=O) groups excluding carboxylic acids is 1. The van der Waals surface area contributed by atoms with Crippen molar-refractivity contribution in [3.63, 3.8) is 0 Å². The SMILES string of the molecule is CO[C@@H]1C[C@H](O[C@@H]2CC3=CC[C@@H]4C(=O)O[C@@H]5CO[C@]6(C)O[C@H](O)/C(=C/C[C@H]4[C@@]3(C)C[C@@H]2O)[C@H]56)O[C@H](C)[C@H]1O. The number of hydrogen-bond acceptors (Lipinski definition) is 10. The van der Waals surface area contributed by atoms with E-state index in [9.17, 15) is 20.1 Å². The minimum Gasteiger partial charge on any atom is -0.459 e. The Labute approximate surface area is 222 Å². The Morgan fingerprint density at radius 3 is 2.66 bits per heavy atom. The van der Waals surface area contributed by atoms with Crippen LogP contribution in [0.2, 0.25) is 0 Å².